The first-order valence-corrected chi connectivity index (χ1v) is 9.76. The van der Waals surface area contributed by atoms with Crippen molar-refractivity contribution >= 4 is 34.6 Å². The molecule has 1 heterocycles. The molecule has 3 aromatic rings. The van der Waals surface area contributed by atoms with Crippen LogP contribution in [0.5, 0.6) is 0 Å². The first-order valence-electron chi connectivity index (χ1n) is 8.94. The molecule has 29 heavy (non-hydrogen) atoms. The van der Waals surface area contributed by atoms with E-state index in [1.165, 1.54) is 35.1 Å². The van der Waals surface area contributed by atoms with Gasteiger partial charge in [0.2, 0.25) is 0 Å². The summed E-state index contributed by atoms with van der Waals surface area (Å²) in [7, 11) is 0. The van der Waals surface area contributed by atoms with Crippen molar-refractivity contribution in [1.82, 2.24) is 0 Å². The van der Waals surface area contributed by atoms with E-state index < -0.39 is 23.4 Å². The van der Waals surface area contributed by atoms with Crippen molar-refractivity contribution in [2.75, 3.05) is 11.9 Å². The molecule has 4 rings (SSSR count). The molecule has 0 spiro atoms. The molecule has 2 aromatic carbocycles. The standard InChI is InChI=1S/C21H16N2O5S/c24-19(22-16-7-3-4-8-17(16)23(26)27)12-28-21(25)18-11-14-10-9-13-5-1-2-6-15(13)20(14)29-18/h1-8,11H,9-10,12H2,(H,22,24). The zero-order valence-electron chi connectivity index (χ0n) is 15.2. The number of rotatable bonds is 5. The van der Waals surface area contributed by atoms with Gasteiger partial charge in [0.1, 0.15) is 10.6 Å². The number of esters is 1. The summed E-state index contributed by atoms with van der Waals surface area (Å²) in [6, 6.07) is 15.7. The number of fused-ring (bicyclic) bond motifs is 3. The summed E-state index contributed by atoms with van der Waals surface area (Å²) in [5.41, 5.74) is 3.32. The predicted octanol–water partition coefficient (Wildman–Crippen LogP) is 4.22. The normalized spacial score (nSPS) is 11.9. The number of aryl methyl sites for hydroxylation is 2. The van der Waals surface area contributed by atoms with E-state index in [1.807, 2.05) is 24.3 Å². The Hall–Kier alpha value is -3.52. The Kier molecular flexibility index (Phi) is 5.09. The van der Waals surface area contributed by atoms with Crippen molar-refractivity contribution in [3.8, 4) is 10.4 Å². The number of nitrogens with zero attached hydrogens (tertiary/aromatic N) is 1. The maximum atomic E-state index is 12.4. The average molecular weight is 408 g/mol. The van der Waals surface area contributed by atoms with Crippen LogP contribution in [0.3, 0.4) is 0 Å². The Morgan fingerprint density at radius 1 is 1.07 bits per heavy atom. The lowest BCUT2D eigenvalue weighted by Gasteiger charge is -2.15. The second-order valence-corrected chi connectivity index (χ2v) is 7.57. The van der Waals surface area contributed by atoms with Gasteiger partial charge >= 0.3 is 5.97 Å². The SMILES string of the molecule is O=C(COC(=O)c1cc2c(s1)-c1ccccc1CC2)Nc1ccccc1[N+](=O)[O-]. The molecule has 0 bridgehead atoms. The van der Waals surface area contributed by atoms with E-state index in [0.29, 0.717) is 4.88 Å². The van der Waals surface area contributed by atoms with E-state index in [2.05, 4.69) is 11.4 Å². The van der Waals surface area contributed by atoms with Gasteiger partial charge in [0.25, 0.3) is 11.6 Å². The van der Waals surface area contributed by atoms with E-state index in [4.69, 9.17) is 4.74 Å². The Bertz CT molecular complexity index is 1120. The number of carbonyl (C=O) groups excluding carboxylic acids is 2. The number of amides is 1. The number of hydrogen-bond acceptors (Lipinski definition) is 6. The van der Waals surface area contributed by atoms with Gasteiger partial charge in [-0.05, 0) is 41.7 Å². The third-order valence-corrected chi connectivity index (χ3v) is 5.84. The minimum Gasteiger partial charge on any atom is -0.451 e. The molecule has 146 valence electrons. The number of para-hydroxylation sites is 2. The molecule has 8 heteroatoms. The van der Waals surface area contributed by atoms with E-state index in [9.17, 15) is 19.7 Å². The summed E-state index contributed by atoms with van der Waals surface area (Å²) in [6.07, 6.45) is 1.78. The smallest absolute Gasteiger partial charge is 0.348 e. The molecule has 0 saturated heterocycles. The highest BCUT2D eigenvalue weighted by Gasteiger charge is 2.23. The third kappa shape index (κ3) is 3.88. The number of ether oxygens (including phenoxy) is 1. The lowest BCUT2D eigenvalue weighted by atomic mass is 9.91. The third-order valence-electron chi connectivity index (χ3n) is 4.65. The fraction of sp³-hybridized carbons (Fsp3) is 0.143. The summed E-state index contributed by atoms with van der Waals surface area (Å²) in [6.45, 7) is -0.524. The highest BCUT2D eigenvalue weighted by Crippen LogP contribution is 2.39. The minimum atomic E-state index is -0.640. The van der Waals surface area contributed by atoms with Gasteiger partial charge in [0, 0.05) is 10.9 Å². The summed E-state index contributed by atoms with van der Waals surface area (Å²) in [5.74, 6) is -1.22. The average Bonchev–Trinajstić information content (AvgIpc) is 3.17. The van der Waals surface area contributed by atoms with Crippen LogP contribution < -0.4 is 5.32 Å². The lowest BCUT2D eigenvalue weighted by molar-refractivity contribution is -0.383. The molecule has 0 unspecified atom stereocenters. The number of nitro benzene ring substituents is 1. The molecular weight excluding hydrogens is 392 g/mol. The van der Waals surface area contributed by atoms with Crippen LogP contribution in [0.25, 0.3) is 10.4 Å². The van der Waals surface area contributed by atoms with Gasteiger partial charge < -0.3 is 10.1 Å². The highest BCUT2D eigenvalue weighted by molar-refractivity contribution is 7.17. The molecule has 0 radical (unpaired) electrons. The van der Waals surface area contributed by atoms with Crippen LogP contribution in [0.1, 0.15) is 20.8 Å². The molecule has 0 aliphatic heterocycles. The Balaban J connectivity index is 1.42. The monoisotopic (exact) mass is 408 g/mol. The van der Waals surface area contributed by atoms with Gasteiger partial charge in [-0.25, -0.2) is 4.79 Å². The van der Waals surface area contributed by atoms with Gasteiger partial charge in [0.15, 0.2) is 6.61 Å². The van der Waals surface area contributed by atoms with Gasteiger partial charge in [0.05, 0.1) is 4.92 Å². The van der Waals surface area contributed by atoms with E-state index in [1.54, 1.807) is 6.07 Å². The van der Waals surface area contributed by atoms with Crippen LogP contribution in [0.15, 0.2) is 54.6 Å². The number of benzene rings is 2. The van der Waals surface area contributed by atoms with Crippen molar-refractivity contribution in [3.05, 3.63) is 80.7 Å². The molecule has 1 aliphatic rings. The second-order valence-electron chi connectivity index (χ2n) is 6.52. The molecule has 1 amide bonds. The van der Waals surface area contributed by atoms with Gasteiger partial charge in [-0.2, -0.15) is 0 Å². The molecule has 0 atom stereocenters. The van der Waals surface area contributed by atoms with Crippen LogP contribution in [0.2, 0.25) is 0 Å². The van der Waals surface area contributed by atoms with Crippen molar-refractivity contribution in [1.29, 1.82) is 0 Å². The topological polar surface area (TPSA) is 98.5 Å². The Labute approximate surface area is 170 Å². The maximum absolute atomic E-state index is 12.4. The van der Waals surface area contributed by atoms with Crippen molar-refractivity contribution in [2.24, 2.45) is 0 Å². The van der Waals surface area contributed by atoms with E-state index >= 15 is 0 Å². The Morgan fingerprint density at radius 2 is 1.79 bits per heavy atom. The molecule has 1 aliphatic carbocycles. The maximum Gasteiger partial charge on any atom is 0.348 e. The fourth-order valence-electron chi connectivity index (χ4n) is 3.30. The van der Waals surface area contributed by atoms with Crippen LogP contribution in [-0.4, -0.2) is 23.4 Å². The molecule has 0 fully saturated rings. The van der Waals surface area contributed by atoms with E-state index in [-0.39, 0.29) is 11.4 Å². The summed E-state index contributed by atoms with van der Waals surface area (Å²) < 4.78 is 5.12. The quantitative estimate of drug-likeness (QED) is 0.387. The Morgan fingerprint density at radius 3 is 2.62 bits per heavy atom. The van der Waals surface area contributed by atoms with Crippen LogP contribution in [-0.2, 0) is 22.4 Å². The predicted molar refractivity (Wildman–Crippen MR) is 109 cm³/mol. The molecular formula is C21H16N2O5S. The molecule has 1 aromatic heterocycles. The molecule has 1 N–H and O–H groups in total. The zero-order chi connectivity index (χ0) is 20.4. The first kappa shape index (κ1) is 18.8. The van der Waals surface area contributed by atoms with Crippen molar-refractivity contribution < 1.29 is 19.2 Å². The zero-order valence-corrected chi connectivity index (χ0v) is 16.0. The number of nitrogens with one attached hydrogen (secondary N) is 1. The first-order chi connectivity index (χ1) is 14.0. The summed E-state index contributed by atoms with van der Waals surface area (Å²) >= 11 is 1.35. The summed E-state index contributed by atoms with van der Waals surface area (Å²) in [5, 5.41) is 13.4. The second kappa shape index (κ2) is 7.84. The van der Waals surface area contributed by atoms with Crippen molar-refractivity contribution in [3.63, 3.8) is 0 Å². The van der Waals surface area contributed by atoms with Gasteiger partial charge in [-0.15, -0.1) is 11.3 Å². The number of thiophene rings is 1. The van der Waals surface area contributed by atoms with Crippen LogP contribution >= 0.6 is 11.3 Å². The summed E-state index contributed by atoms with van der Waals surface area (Å²) in [4.78, 5) is 36.4. The number of hydrogen-bond donors (Lipinski definition) is 1. The minimum absolute atomic E-state index is 0.0572. The lowest BCUT2D eigenvalue weighted by Crippen LogP contribution is -2.21. The van der Waals surface area contributed by atoms with E-state index in [0.717, 1.165) is 28.8 Å². The highest BCUT2D eigenvalue weighted by atomic mass is 32.1. The molecule has 0 saturated carbocycles. The van der Waals surface area contributed by atoms with Crippen molar-refractivity contribution in [2.45, 2.75) is 12.8 Å². The molecule has 7 nitrogen and oxygen atoms in total. The van der Waals surface area contributed by atoms with Gasteiger partial charge in [-0.3, -0.25) is 14.9 Å². The van der Waals surface area contributed by atoms with Crippen LogP contribution in [0, 0.1) is 10.1 Å². The fourth-order valence-corrected chi connectivity index (χ4v) is 4.46. The number of nitro groups is 1. The number of carbonyl (C=O) groups is 2. The van der Waals surface area contributed by atoms with Crippen LogP contribution in [0.4, 0.5) is 11.4 Å². The largest absolute Gasteiger partial charge is 0.451 e. The number of anilines is 1. The van der Waals surface area contributed by atoms with Gasteiger partial charge in [-0.1, -0.05) is 36.4 Å².